The molecule has 0 aliphatic carbocycles. The van der Waals surface area contributed by atoms with E-state index in [0.29, 0.717) is 16.4 Å². The number of nitrogens with zero attached hydrogens (tertiary/aromatic N) is 2. The zero-order valence-electron chi connectivity index (χ0n) is 12.6. The topological polar surface area (TPSA) is 84.0 Å². The van der Waals surface area contributed by atoms with E-state index >= 15 is 0 Å². The van der Waals surface area contributed by atoms with Gasteiger partial charge in [0.05, 0.1) is 12.2 Å². The summed E-state index contributed by atoms with van der Waals surface area (Å²) in [7, 11) is 0. The summed E-state index contributed by atoms with van der Waals surface area (Å²) in [5.41, 5.74) is 1.95. The molecule has 0 unspecified atom stereocenters. The van der Waals surface area contributed by atoms with Gasteiger partial charge in [-0.15, -0.1) is 11.3 Å². The van der Waals surface area contributed by atoms with Crippen molar-refractivity contribution in [3.63, 3.8) is 0 Å². The monoisotopic (exact) mass is 338 g/mol. The van der Waals surface area contributed by atoms with E-state index in [1.807, 2.05) is 29.6 Å². The molecule has 120 valence electrons. The lowest BCUT2D eigenvalue weighted by molar-refractivity contribution is -0.115. The highest BCUT2D eigenvalue weighted by Gasteiger charge is 2.10. The van der Waals surface area contributed by atoms with Crippen molar-refractivity contribution >= 4 is 28.3 Å². The lowest BCUT2D eigenvalue weighted by Crippen LogP contribution is -2.32. The number of amides is 2. The second-order valence-electron chi connectivity index (χ2n) is 4.85. The van der Waals surface area contributed by atoms with Crippen LogP contribution < -0.4 is 10.6 Å². The van der Waals surface area contributed by atoms with Gasteiger partial charge in [0.2, 0.25) is 5.91 Å². The molecule has 1 aromatic carbocycles. The second-order valence-corrected chi connectivity index (χ2v) is 5.71. The summed E-state index contributed by atoms with van der Waals surface area (Å²) in [5, 5.41) is 7.52. The maximum atomic E-state index is 11.9. The summed E-state index contributed by atoms with van der Waals surface area (Å²) in [5.74, 6) is -0.625. The zero-order chi connectivity index (χ0) is 16.8. The van der Waals surface area contributed by atoms with Gasteiger partial charge in [0.25, 0.3) is 5.91 Å². The minimum atomic E-state index is -0.332. The average molecular weight is 338 g/mol. The van der Waals surface area contributed by atoms with E-state index < -0.39 is 0 Å². The summed E-state index contributed by atoms with van der Waals surface area (Å²) >= 11 is 1.31. The van der Waals surface area contributed by atoms with Crippen molar-refractivity contribution in [2.24, 2.45) is 0 Å². The third kappa shape index (κ3) is 4.02. The summed E-state index contributed by atoms with van der Waals surface area (Å²) in [6, 6.07) is 14.3. The van der Waals surface area contributed by atoms with Crippen LogP contribution in [-0.4, -0.2) is 28.3 Å². The smallest absolute Gasteiger partial charge is 0.251 e. The predicted molar refractivity (Wildman–Crippen MR) is 92.7 cm³/mol. The summed E-state index contributed by atoms with van der Waals surface area (Å²) in [4.78, 5) is 32.3. The normalized spacial score (nSPS) is 10.2. The van der Waals surface area contributed by atoms with Crippen LogP contribution >= 0.6 is 11.3 Å². The minimum Gasteiger partial charge on any atom is -0.343 e. The molecule has 0 saturated heterocycles. The van der Waals surface area contributed by atoms with Crippen molar-refractivity contribution < 1.29 is 9.59 Å². The number of pyridine rings is 1. The number of anilines is 1. The molecule has 0 fully saturated rings. The summed E-state index contributed by atoms with van der Waals surface area (Å²) in [6.45, 7) is -0.119. The number of thiazole rings is 1. The highest BCUT2D eigenvalue weighted by atomic mass is 32.1. The maximum absolute atomic E-state index is 11.9. The Labute approximate surface area is 142 Å². The van der Waals surface area contributed by atoms with Gasteiger partial charge < -0.3 is 10.6 Å². The molecule has 2 N–H and O–H groups in total. The van der Waals surface area contributed by atoms with Gasteiger partial charge >= 0.3 is 0 Å². The number of hydrogen-bond donors (Lipinski definition) is 2. The maximum Gasteiger partial charge on any atom is 0.251 e. The van der Waals surface area contributed by atoms with E-state index in [1.165, 1.54) is 11.3 Å². The van der Waals surface area contributed by atoms with Crippen LogP contribution in [0.1, 0.15) is 10.4 Å². The molecular weight excluding hydrogens is 324 g/mol. The zero-order valence-corrected chi connectivity index (χ0v) is 13.4. The van der Waals surface area contributed by atoms with E-state index in [9.17, 15) is 9.59 Å². The van der Waals surface area contributed by atoms with E-state index in [1.54, 1.807) is 30.5 Å². The Balaban J connectivity index is 1.54. The molecule has 6 nitrogen and oxygen atoms in total. The molecule has 0 aliphatic rings. The summed E-state index contributed by atoms with van der Waals surface area (Å²) < 4.78 is 0. The van der Waals surface area contributed by atoms with Crippen molar-refractivity contribution in [1.82, 2.24) is 15.3 Å². The van der Waals surface area contributed by atoms with Crippen LogP contribution in [0.25, 0.3) is 11.4 Å². The first kappa shape index (κ1) is 15.8. The van der Waals surface area contributed by atoms with Crippen molar-refractivity contribution in [2.45, 2.75) is 0 Å². The van der Waals surface area contributed by atoms with Gasteiger partial charge in [-0.25, -0.2) is 4.98 Å². The first-order valence-electron chi connectivity index (χ1n) is 7.22. The standard InChI is InChI=1S/C17H14N4O2S/c22-15(10-19-16(23)12-6-2-1-3-7-12)21-17-20-14(11-24-17)13-8-4-5-9-18-13/h1-9,11H,10H2,(H,19,23)(H,20,21,22). The number of nitrogens with one attached hydrogen (secondary N) is 2. The third-order valence-corrected chi connectivity index (χ3v) is 3.88. The molecule has 3 rings (SSSR count). The molecular formula is C17H14N4O2S. The SMILES string of the molecule is O=C(CNC(=O)c1ccccc1)Nc1nc(-c2ccccn2)cs1. The Morgan fingerprint density at radius 3 is 2.54 bits per heavy atom. The fraction of sp³-hybridized carbons (Fsp3) is 0.0588. The molecule has 0 atom stereocenters. The van der Waals surface area contributed by atoms with Gasteiger partial charge in [0, 0.05) is 17.1 Å². The number of hydrogen-bond acceptors (Lipinski definition) is 5. The van der Waals surface area contributed by atoms with Gasteiger partial charge in [-0.05, 0) is 24.3 Å². The van der Waals surface area contributed by atoms with Crippen LogP contribution in [0.3, 0.4) is 0 Å². The van der Waals surface area contributed by atoms with Gasteiger partial charge in [-0.2, -0.15) is 0 Å². The van der Waals surface area contributed by atoms with E-state index in [0.717, 1.165) is 5.69 Å². The Hall–Kier alpha value is -3.06. The van der Waals surface area contributed by atoms with Gasteiger partial charge in [0.15, 0.2) is 5.13 Å². The quantitative estimate of drug-likeness (QED) is 0.749. The molecule has 7 heteroatoms. The Morgan fingerprint density at radius 2 is 1.79 bits per heavy atom. The van der Waals surface area contributed by atoms with Crippen molar-refractivity contribution in [3.8, 4) is 11.4 Å². The molecule has 3 aromatic rings. The third-order valence-electron chi connectivity index (χ3n) is 3.12. The van der Waals surface area contributed by atoms with Crippen LogP contribution in [0.15, 0.2) is 60.1 Å². The molecule has 0 aliphatic heterocycles. The highest BCUT2D eigenvalue weighted by Crippen LogP contribution is 2.22. The van der Waals surface area contributed by atoms with E-state index in [2.05, 4.69) is 20.6 Å². The van der Waals surface area contributed by atoms with Crippen molar-refractivity contribution in [3.05, 3.63) is 65.7 Å². The number of carbonyl (C=O) groups excluding carboxylic acids is 2. The highest BCUT2D eigenvalue weighted by molar-refractivity contribution is 7.14. The molecule has 0 saturated carbocycles. The number of benzene rings is 1. The van der Waals surface area contributed by atoms with Crippen LogP contribution in [0.4, 0.5) is 5.13 Å². The Morgan fingerprint density at radius 1 is 1.00 bits per heavy atom. The Bertz CT molecular complexity index is 834. The lowest BCUT2D eigenvalue weighted by Gasteiger charge is -2.04. The minimum absolute atomic E-state index is 0.119. The van der Waals surface area contributed by atoms with Crippen LogP contribution in [0.5, 0.6) is 0 Å². The van der Waals surface area contributed by atoms with Crippen LogP contribution in [0.2, 0.25) is 0 Å². The van der Waals surface area contributed by atoms with E-state index in [4.69, 9.17) is 0 Å². The van der Waals surface area contributed by atoms with Crippen LogP contribution in [-0.2, 0) is 4.79 Å². The van der Waals surface area contributed by atoms with Crippen LogP contribution in [0, 0.1) is 0 Å². The fourth-order valence-electron chi connectivity index (χ4n) is 1.98. The fourth-order valence-corrected chi connectivity index (χ4v) is 2.70. The molecule has 0 radical (unpaired) electrons. The first-order chi connectivity index (χ1) is 11.7. The molecule has 2 amide bonds. The summed E-state index contributed by atoms with van der Waals surface area (Å²) in [6.07, 6.45) is 1.69. The average Bonchev–Trinajstić information content (AvgIpc) is 3.09. The van der Waals surface area contributed by atoms with Gasteiger partial charge in [0.1, 0.15) is 5.69 Å². The van der Waals surface area contributed by atoms with Crippen molar-refractivity contribution in [1.29, 1.82) is 0 Å². The number of carbonyl (C=O) groups is 2. The first-order valence-corrected chi connectivity index (χ1v) is 8.10. The molecule has 2 aromatic heterocycles. The number of aromatic nitrogens is 2. The molecule has 0 bridgehead atoms. The van der Waals surface area contributed by atoms with Gasteiger partial charge in [-0.1, -0.05) is 24.3 Å². The largest absolute Gasteiger partial charge is 0.343 e. The molecule has 24 heavy (non-hydrogen) atoms. The molecule has 2 heterocycles. The van der Waals surface area contributed by atoms with Gasteiger partial charge in [-0.3, -0.25) is 14.6 Å². The molecule has 0 spiro atoms. The number of rotatable bonds is 5. The van der Waals surface area contributed by atoms with Crippen molar-refractivity contribution in [2.75, 3.05) is 11.9 Å². The Kier molecular flexibility index (Phi) is 4.93. The lowest BCUT2D eigenvalue weighted by atomic mass is 10.2. The van der Waals surface area contributed by atoms with E-state index in [-0.39, 0.29) is 18.4 Å². The second kappa shape index (κ2) is 7.47. The predicted octanol–water partition coefficient (Wildman–Crippen LogP) is 2.57.